The first-order valence-corrected chi connectivity index (χ1v) is 7.79. The molecule has 0 aliphatic heterocycles. The molecule has 0 radical (unpaired) electrons. The SMILES string of the molecule is NS(=O)(=O)c1ccccc1C(=O)NCc1ccc(F)c(F)c1F. The summed E-state index contributed by atoms with van der Waals surface area (Å²) in [5.41, 5.74) is -0.525. The van der Waals surface area contributed by atoms with Crippen molar-refractivity contribution in [3.05, 3.63) is 65.0 Å². The van der Waals surface area contributed by atoms with Gasteiger partial charge in [0.25, 0.3) is 5.91 Å². The number of carbonyl (C=O) groups excluding carboxylic acids is 1. The second kappa shape index (κ2) is 6.39. The third kappa shape index (κ3) is 3.69. The first kappa shape index (κ1) is 17.0. The van der Waals surface area contributed by atoms with E-state index < -0.39 is 44.8 Å². The molecule has 0 aromatic heterocycles. The van der Waals surface area contributed by atoms with E-state index >= 15 is 0 Å². The van der Waals surface area contributed by atoms with Gasteiger partial charge >= 0.3 is 0 Å². The molecule has 0 aliphatic rings. The van der Waals surface area contributed by atoms with Gasteiger partial charge in [0.1, 0.15) is 0 Å². The van der Waals surface area contributed by atoms with Crippen molar-refractivity contribution in [1.82, 2.24) is 5.32 Å². The van der Waals surface area contributed by atoms with Gasteiger partial charge in [-0.3, -0.25) is 4.79 Å². The van der Waals surface area contributed by atoms with Gasteiger partial charge in [-0.2, -0.15) is 0 Å². The smallest absolute Gasteiger partial charge is 0.252 e. The number of hydrogen-bond acceptors (Lipinski definition) is 3. The second-order valence-corrected chi connectivity index (χ2v) is 6.09. The molecule has 1 amide bonds. The summed E-state index contributed by atoms with van der Waals surface area (Å²) >= 11 is 0. The lowest BCUT2D eigenvalue weighted by molar-refractivity contribution is 0.0947. The molecule has 23 heavy (non-hydrogen) atoms. The molecule has 0 aliphatic carbocycles. The van der Waals surface area contributed by atoms with E-state index in [0.29, 0.717) is 0 Å². The lowest BCUT2D eigenvalue weighted by atomic mass is 10.1. The second-order valence-electron chi connectivity index (χ2n) is 4.56. The highest BCUT2D eigenvalue weighted by Gasteiger charge is 2.19. The first-order valence-electron chi connectivity index (χ1n) is 6.24. The highest BCUT2D eigenvalue weighted by atomic mass is 32.2. The van der Waals surface area contributed by atoms with Crippen LogP contribution in [0, 0.1) is 17.5 Å². The summed E-state index contributed by atoms with van der Waals surface area (Å²) in [7, 11) is -4.13. The number of hydrogen-bond donors (Lipinski definition) is 2. The van der Waals surface area contributed by atoms with E-state index in [1.165, 1.54) is 18.2 Å². The van der Waals surface area contributed by atoms with Crippen molar-refractivity contribution >= 4 is 15.9 Å². The van der Waals surface area contributed by atoms with Gasteiger partial charge in [-0.15, -0.1) is 0 Å². The summed E-state index contributed by atoms with van der Waals surface area (Å²) in [6, 6.07) is 6.85. The zero-order chi connectivity index (χ0) is 17.2. The number of carbonyl (C=O) groups is 1. The van der Waals surface area contributed by atoms with Crippen molar-refractivity contribution < 1.29 is 26.4 Å². The number of sulfonamides is 1. The van der Waals surface area contributed by atoms with Gasteiger partial charge in [0.15, 0.2) is 17.5 Å². The molecule has 0 saturated heterocycles. The van der Waals surface area contributed by atoms with E-state index in [0.717, 1.165) is 18.2 Å². The molecule has 0 fully saturated rings. The van der Waals surface area contributed by atoms with E-state index in [2.05, 4.69) is 5.32 Å². The molecule has 9 heteroatoms. The molecule has 3 N–H and O–H groups in total. The van der Waals surface area contributed by atoms with Gasteiger partial charge in [-0.25, -0.2) is 26.7 Å². The lowest BCUT2D eigenvalue weighted by Gasteiger charge is -2.09. The van der Waals surface area contributed by atoms with Gasteiger partial charge in [0.05, 0.1) is 10.5 Å². The molecular weight excluding hydrogens is 333 g/mol. The Hall–Kier alpha value is -2.39. The van der Waals surface area contributed by atoms with E-state index in [1.54, 1.807) is 0 Å². The Morgan fingerprint density at radius 1 is 1.04 bits per heavy atom. The van der Waals surface area contributed by atoms with Crippen LogP contribution in [0.15, 0.2) is 41.3 Å². The van der Waals surface area contributed by atoms with Gasteiger partial charge < -0.3 is 5.32 Å². The highest BCUT2D eigenvalue weighted by Crippen LogP contribution is 2.16. The summed E-state index contributed by atoms with van der Waals surface area (Å²) < 4.78 is 62.3. The topological polar surface area (TPSA) is 89.3 Å². The van der Waals surface area contributed by atoms with Crippen molar-refractivity contribution in [2.75, 3.05) is 0 Å². The maximum atomic E-state index is 13.5. The molecule has 2 rings (SSSR count). The number of nitrogens with two attached hydrogens (primary N) is 1. The third-order valence-electron chi connectivity index (χ3n) is 2.99. The largest absolute Gasteiger partial charge is 0.348 e. The van der Waals surface area contributed by atoms with Crippen LogP contribution in [0.25, 0.3) is 0 Å². The van der Waals surface area contributed by atoms with Crippen molar-refractivity contribution in [2.24, 2.45) is 5.14 Å². The Kier molecular flexibility index (Phi) is 4.71. The van der Waals surface area contributed by atoms with Crippen LogP contribution in [-0.2, 0) is 16.6 Å². The summed E-state index contributed by atoms with van der Waals surface area (Å²) in [4.78, 5) is 11.6. The van der Waals surface area contributed by atoms with E-state index in [1.807, 2.05) is 0 Å². The van der Waals surface area contributed by atoms with Gasteiger partial charge in [0, 0.05) is 12.1 Å². The van der Waals surface area contributed by atoms with Crippen LogP contribution in [0.5, 0.6) is 0 Å². The minimum atomic E-state index is -4.13. The van der Waals surface area contributed by atoms with Gasteiger partial charge in [-0.05, 0) is 18.2 Å². The van der Waals surface area contributed by atoms with Crippen LogP contribution in [0.1, 0.15) is 15.9 Å². The predicted octanol–water partition coefficient (Wildman–Crippen LogP) is 1.68. The fraction of sp³-hybridized carbons (Fsp3) is 0.0714. The predicted molar refractivity (Wildman–Crippen MR) is 75.3 cm³/mol. The summed E-state index contributed by atoms with van der Waals surface area (Å²) in [6.07, 6.45) is 0. The molecule has 0 atom stereocenters. The molecular formula is C14H11F3N2O3S. The Balaban J connectivity index is 2.24. The molecule has 0 unspecified atom stereocenters. The van der Waals surface area contributed by atoms with Crippen LogP contribution in [0.3, 0.4) is 0 Å². The van der Waals surface area contributed by atoms with Crippen molar-refractivity contribution in [3.8, 4) is 0 Å². The molecule has 0 heterocycles. The average Bonchev–Trinajstić information content (AvgIpc) is 2.51. The van der Waals surface area contributed by atoms with E-state index in [4.69, 9.17) is 5.14 Å². The molecule has 5 nitrogen and oxygen atoms in total. The number of amides is 1. The van der Waals surface area contributed by atoms with Crippen LogP contribution < -0.4 is 10.5 Å². The maximum absolute atomic E-state index is 13.5. The molecule has 2 aromatic rings. The molecule has 2 aromatic carbocycles. The Bertz CT molecular complexity index is 870. The third-order valence-corrected chi connectivity index (χ3v) is 3.96. The average molecular weight is 344 g/mol. The standard InChI is InChI=1S/C14H11F3N2O3S/c15-10-6-5-8(12(16)13(10)17)7-19-14(20)9-3-1-2-4-11(9)23(18,21)22/h1-6H,7H2,(H,19,20)(H2,18,21,22). The molecule has 0 saturated carbocycles. The minimum Gasteiger partial charge on any atom is -0.348 e. The van der Waals surface area contributed by atoms with Crippen molar-refractivity contribution in [2.45, 2.75) is 11.4 Å². The monoisotopic (exact) mass is 344 g/mol. The maximum Gasteiger partial charge on any atom is 0.252 e. The van der Waals surface area contributed by atoms with Crippen molar-refractivity contribution in [3.63, 3.8) is 0 Å². The molecule has 122 valence electrons. The van der Waals surface area contributed by atoms with E-state index in [-0.39, 0.29) is 11.1 Å². The highest BCUT2D eigenvalue weighted by molar-refractivity contribution is 7.89. The molecule has 0 bridgehead atoms. The normalized spacial score (nSPS) is 11.3. The lowest BCUT2D eigenvalue weighted by Crippen LogP contribution is -2.26. The van der Waals surface area contributed by atoms with Crippen molar-refractivity contribution in [1.29, 1.82) is 0 Å². The fourth-order valence-corrected chi connectivity index (χ4v) is 2.61. The quantitative estimate of drug-likeness (QED) is 0.827. The molecule has 0 spiro atoms. The van der Waals surface area contributed by atoms with Crippen LogP contribution >= 0.6 is 0 Å². The zero-order valence-corrected chi connectivity index (χ0v) is 12.3. The van der Waals surface area contributed by atoms with E-state index in [9.17, 15) is 26.4 Å². The zero-order valence-electron chi connectivity index (χ0n) is 11.5. The fourth-order valence-electron chi connectivity index (χ4n) is 1.88. The summed E-state index contributed by atoms with van der Waals surface area (Å²) in [6.45, 7) is -0.458. The van der Waals surface area contributed by atoms with Crippen LogP contribution in [0.2, 0.25) is 0 Å². The minimum absolute atomic E-state index is 0.238. The van der Waals surface area contributed by atoms with Crippen LogP contribution in [-0.4, -0.2) is 14.3 Å². The number of halogens is 3. The number of rotatable bonds is 4. The Morgan fingerprint density at radius 3 is 2.35 bits per heavy atom. The van der Waals surface area contributed by atoms with Gasteiger partial charge in [-0.1, -0.05) is 18.2 Å². The number of primary sulfonamides is 1. The van der Waals surface area contributed by atoms with Gasteiger partial charge in [0.2, 0.25) is 10.0 Å². The van der Waals surface area contributed by atoms with Crippen LogP contribution in [0.4, 0.5) is 13.2 Å². The summed E-state index contributed by atoms with van der Waals surface area (Å²) in [5.74, 6) is -5.28. The number of nitrogens with one attached hydrogen (secondary N) is 1. The summed E-state index contributed by atoms with van der Waals surface area (Å²) in [5, 5.41) is 7.23. The first-order chi connectivity index (χ1) is 10.7. The Morgan fingerprint density at radius 2 is 1.70 bits per heavy atom. The number of benzene rings is 2. The Labute approximate surface area is 130 Å².